The van der Waals surface area contributed by atoms with Gasteiger partial charge in [0.15, 0.2) is 0 Å². The van der Waals surface area contributed by atoms with Crippen LogP contribution < -0.4 is 4.74 Å². The largest absolute Gasteiger partial charge is 0.457 e. The van der Waals surface area contributed by atoms with Crippen LogP contribution in [0.25, 0.3) is 0 Å². The number of benzene rings is 2. The highest BCUT2D eigenvalue weighted by Crippen LogP contribution is 2.55. The van der Waals surface area contributed by atoms with Crippen molar-refractivity contribution < 1.29 is 4.74 Å². The molecule has 2 nitrogen and oxygen atoms in total. The number of nitrogens with zero attached hydrogens (tertiary/aromatic N) is 1. The van der Waals surface area contributed by atoms with Crippen LogP contribution in [0, 0.1) is 11.3 Å². The Kier molecular flexibility index (Phi) is 4.53. The molecule has 1 aliphatic heterocycles. The Morgan fingerprint density at radius 2 is 1.64 bits per heavy atom. The van der Waals surface area contributed by atoms with Gasteiger partial charge >= 0.3 is 0 Å². The SMILES string of the molecule is C=C(/C=C(\Cl)C#N)C1(C(=C)CC)c2ccccc2Oc2ccccc21. The second-order valence-electron chi connectivity index (χ2n) is 5.93. The van der Waals surface area contributed by atoms with Gasteiger partial charge in [-0.3, -0.25) is 0 Å². The maximum atomic E-state index is 9.11. The van der Waals surface area contributed by atoms with E-state index in [-0.39, 0.29) is 5.03 Å². The predicted molar refractivity (Wildman–Crippen MR) is 102 cm³/mol. The minimum absolute atomic E-state index is 0.0923. The van der Waals surface area contributed by atoms with E-state index >= 15 is 0 Å². The van der Waals surface area contributed by atoms with Gasteiger partial charge in [-0.05, 0) is 30.2 Å². The summed E-state index contributed by atoms with van der Waals surface area (Å²) in [6.07, 6.45) is 2.38. The number of ether oxygens (including phenoxy) is 1. The maximum Gasteiger partial charge on any atom is 0.132 e. The lowest BCUT2D eigenvalue weighted by Crippen LogP contribution is -2.34. The zero-order chi connectivity index (χ0) is 18.0. The summed E-state index contributed by atoms with van der Waals surface area (Å²) >= 11 is 6.02. The summed E-state index contributed by atoms with van der Waals surface area (Å²) in [4.78, 5) is 0. The van der Waals surface area contributed by atoms with Crippen LogP contribution in [-0.2, 0) is 5.41 Å². The van der Waals surface area contributed by atoms with Crippen molar-refractivity contribution >= 4 is 11.6 Å². The summed E-state index contributed by atoms with van der Waals surface area (Å²) in [5.74, 6) is 1.52. The number of rotatable bonds is 4. The van der Waals surface area contributed by atoms with Crippen LogP contribution in [0.2, 0.25) is 0 Å². The number of fused-ring (bicyclic) bond motifs is 2. The molecule has 0 saturated carbocycles. The van der Waals surface area contributed by atoms with Crippen molar-refractivity contribution in [2.45, 2.75) is 18.8 Å². The van der Waals surface area contributed by atoms with Gasteiger partial charge in [-0.2, -0.15) is 5.26 Å². The van der Waals surface area contributed by atoms with Crippen LogP contribution in [0.15, 0.2) is 83.9 Å². The summed E-state index contributed by atoms with van der Waals surface area (Å²) < 4.78 is 6.11. The highest BCUT2D eigenvalue weighted by atomic mass is 35.5. The molecule has 0 aliphatic carbocycles. The normalized spacial score (nSPS) is 14.5. The number of halogens is 1. The van der Waals surface area contributed by atoms with Gasteiger partial charge < -0.3 is 4.74 Å². The first-order valence-corrected chi connectivity index (χ1v) is 8.45. The smallest absolute Gasteiger partial charge is 0.132 e. The summed E-state index contributed by atoms with van der Waals surface area (Å²) in [7, 11) is 0. The van der Waals surface area contributed by atoms with E-state index in [1.54, 1.807) is 6.08 Å². The zero-order valence-corrected chi connectivity index (χ0v) is 14.8. The monoisotopic (exact) mass is 347 g/mol. The van der Waals surface area contributed by atoms with E-state index in [0.717, 1.165) is 34.6 Å². The van der Waals surface area contributed by atoms with E-state index in [2.05, 4.69) is 20.1 Å². The molecule has 2 aromatic rings. The second kappa shape index (κ2) is 6.63. The Morgan fingerprint density at radius 1 is 1.12 bits per heavy atom. The summed E-state index contributed by atoms with van der Waals surface area (Å²) in [6.45, 7) is 10.7. The third kappa shape index (κ3) is 2.58. The Labute approximate surface area is 153 Å². The van der Waals surface area contributed by atoms with Crippen LogP contribution in [0.3, 0.4) is 0 Å². The van der Waals surface area contributed by atoms with Crippen LogP contribution in [-0.4, -0.2) is 0 Å². The fourth-order valence-corrected chi connectivity index (χ4v) is 3.64. The number of hydrogen-bond donors (Lipinski definition) is 0. The fraction of sp³-hybridized carbons (Fsp3) is 0.136. The van der Waals surface area contributed by atoms with Crippen molar-refractivity contribution in [3.63, 3.8) is 0 Å². The van der Waals surface area contributed by atoms with Crippen LogP contribution in [0.4, 0.5) is 0 Å². The van der Waals surface area contributed by atoms with Crippen molar-refractivity contribution in [2.75, 3.05) is 0 Å². The molecule has 1 heterocycles. The molecule has 0 spiro atoms. The summed E-state index contributed by atoms with van der Waals surface area (Å²) in [5, 5.41) is 9.21. The van der Waals surface area contributed by atoms with Crippen LogP contribution in [0.1, 0.15) is 24.5 Å². The predicted octanol–water partition coefficient (Wildman–Crippen LogP) is 6.25. The molecule has 0 bridgehead atoms. The zero-order valence-electron chi connectivity index (χ0n) is 14.1. The molecule has 2 aromatic carbocycles. The molecule has 0 saturated heterocycles. The number of para-hydroxylation sites is 2. The highest BCUT2D eigenvalue weighted by molar-refractivity contribution is 6.32. The van der Waals surface area contributed by atoms with Gasteiger partial charge in [0, 0.05) is 11.1 Å². The van der Waals surface area contributed by atoms with Gasteiger partial charge in [-0.1, -0.05) is 73.7 Å². The van der Waals surface area contributed by atoms with Crippen LogP contribution >= 0.6 is 11.6 Å². The molecular formula is C22H18ClNO. The minimum atomic E-state index is -0.683. The van der Waals surface area contributed by atoms with E-state index < -0.39 is 5.41 Å². The van der Waals surface area contributed by atoms with E-state index in [1.807, 2.05) is 54.6 Å². The first-order chi connectivity index (χ1) is 12.1. The van der Waals surface area contributed by atoms with Gasteiger partial charge in [0.2, 0.25) is 0 Å². The first kappa shape index (κ1) is 17.1. The minimum Gasteiger partial charge on any atom is -0.457 e. The average Bonchev–Trinajstić information content (AvgIpc) is 2.65. The molecule has 124 valence electrons. The highest BCUT2D eigenvalue weighted by Gasteiger charge is 2.45. The Bertz CT molecular complexity index is 888. The molecule has 3 heteroatoms. The standard InChI is InChI=1S/C22H18ClNO/c1-4-15(2)22(16(3)13-17(23)14-24)18-9-5-7-11-20(18)25-21-12-8-6-10-19(21)22/h5-13H,2-4H2,1H3/b17-13-. The molecule has 0 aromatic heterocycles. The molecule has 0 N–H and O–H groups in total. The quantitative estimate of drug-likeness (QED) is 0.372. The van der Waals surface area contributed by atoms with Gasteiger partial charge in [-0.25, -0.2) is 0 Å². The molecule has 0 fully saturated rings. The number of allylic oxidation sites excluding steroid dienone is 4. The van der Waals surface area contributed by atoms with Crippen molar-refractivity contribution in [3.05, 3.63) is 95.1 Å². The van der Waals surface area contributed by atoms with Gasteiger partial charge in [-0.15, -0.1) is 0 Å². The molecule has 0 radical (unpaired) electrons. The van der Waals surface area contributed by atoms with E-state index in [1.165, 1.54) is 0 Å². The lowest BCUT2D eigenvalue weighted by atomic mass is 9.63. The Balaban J connectivity index is 2.40. The molecule has 1 aliphatic rings. The van der Waals surface area contributed by atoms with E-state index in [9.17, 15) is 0 Å². The van der Waals surface area contributed by atoms with E-state index in [4.69, 9.17) is 21.6 Å². The van der Waals surface area contributed by atoms with Crippen molar-refractivity contribution in [3.8, 4) is 17.6 Å². The third-order valence-electron chi connectivity index (χ3n) is 4.65. The first-order valence-electron chi connectivity index (χ1n) is 8.07. The number of hydrogen-bond acceptors (Lipinski definition) is 2. The molecule has 3 rings (SSSR count). The number of nitriles is 1. The molecule has 0 atom stereocenters. The second-order valence-corrected chi connectivity index (χ2v) is 6.34. The topological polar surface area (TPSA) is 33.0 Å². The van der Waals surface area contributed by atoms with Gasteiger partial charge in [0.25, 0.3) is 0 Å². The molecule has 0 unspecified atom stereocenters. The average molecular weight is 348 g/mol. The lowest BCUT2D eigenvalue weighted by Gasteiger charge is -2.42. The summed E-state index contributed by atoms with van der Waals surface area (Å²) in [6, 6.07) is 17.7. The van der Waals surface area contributed by atoms with Crippen molar-refractivity contribution in [1.82, 2.24) is 0 Å². The Morgan fingerprint density at radius 3 is 2.12 bits per heavy atom. The van der Waals surface area contributed by atoms with Gasteiger partial charge in [0.05, 0.1) is 5.41 Å². The fourth-order valence-electron chi connectivity index (χ4n) is 3.51. The molecule has 25 heavy (non-hydrogen) atoms. The van der Waals surface area contributed by atoms with Crippen LogP contribution in [0.5, 0.6) is 11.5 Å². The molecular weight excluding hydrogens is 330 g/mol. The van der Waals surface area contributed by atoms with E-state index in [0.29, 0.717) is 5.57 Å². The molecule has 0 amide bonds. The van der Waals surface area contributed by atoms with Gasteiger partial charge in [0.1, 0.15) is 22.6 Å². The Hall–Kier alpha value is -2.76. The van der Waals surface area contributed by atoms with Crippen molar-refractivity contribution in [1.29, 1.82) is 5.26 Å². The third-order valence-corrected chi connectivity index (χ3v) is 4.84. The maximum absolute atomic E-state index is 9.11. The lowest BCUT2D eigenvalue weighted by molar-refractivity contribution is 0.431. The van der Waals surface area contributed by atoms with Crippen molar-refractivity contribution in [2.24, 2.45) is 0 Å². The summed E-state index contributed by atoms with van der Waals surface area (Å²) in [5.41, 5.74) is 2.92.